The average molecular weight is 252 g/mol. The lowest BCUT2D eigenvalue weighted by atomic mass is 10.1. The van der Waals surface area contributed by atoms with Crippen molar-refractivity contribution in [3.8, 4) is 0 Å². The number of ether oxygens (including phenoxy) is 1. The molecule has 0 spiro atoms. The minimum Gasteiger partial charge on any atom is -0.394 e. The van der Waals surface area contributed by atoms with Gasteiger partial charge in [-0.3, -0.25) is 4.57 Å². The number of hydrogen-bond donors (Lipinski definition) is 3. The number of aliphatic hydroxyl groups excluding tert-OH is 3. The number of hydrogen-bond acceptors (Lipinski definition) is 7. The average Bonchev–Trinajstić information content (AvgIpc) is 2.93. The molecule has 0 amide bonds. The van der Waals surface area contributed by atoms with E-state index in [1.54, 1.807) is 6.20 Å². The van der Waals surface area contributed by atoms with Crippen LogP contribution in [0, 0.1) is 0 Å². The molecule has 0 saturated carbocycles. The summed E-state index contributed by atoms with van der Waals surface area (Å²) in [5.41, 5.74) is 1.06. The number of nitrogens with zero attached hydrogens (tertiary/aromatic N) is 4. The number of imidazole rings is 1. The molecule has 2 aromatic heterocycles. The van der Waals surface area contributed by atoms with Gasteiger partial charge < -0.3 is 20.1 Å². The van der Waals surface area contributed by atoms with Gasteiger partial charge in [-0.2, -0.15) is 0 Å². The van der Waals surface area contributed by atoms with Crippen LogP contribution in [0.2, 0.25) is 0 Å². The Morgan fingerprint density at radius 3 is 2.83 bits per heavy atom. The summed E-state index contributed by atoms with van der Waals surface area (Å²) >= 11 is 0. The Balaban J connectivity index is 2.00. The fraction of sp³-hybridized carbons (Fsp3) is 0.500. The Bertz CT molecular complexity index is 560. The third kappa shape index (κ3) is 1.58. The molecule has 1 aliphatic rings. The standard InChI is InChI=1S/C10H12N4O4/c15-2-6-7(16)8(17)10(18-6)14-4-13-5-1-11-3-12-9(5)14/h1,3-4,6-8,10,15-17H,2H2/t6-,7-,8?,10-/m1/s1. The summed E-state index contributed by atoms with van der Waals surface area (Å²) in [6.07, 6.45) is 0.442. The van der Waals surface area contributed by atoms with Crippen molar-refractivity contribution in [2.45, 2.75) is 24.5 Å². The van der Waals surface area contributed by atoms with Gasteiger partial charge in [-0.15, -0.1) is 0 Å². The molecule has 3 heterocycles. The van der Waals surface area contributed by atoms with Gasteiger partial charge in [0.2, 0.25) is 0 Å². The SMILES string of the molecule is OC[C@H]1O[C@@H](n2cnc3cncnc32)C(O)[C@@H]1O. The zero-order valence-electron chi connectivity index (χ0n) is 9.29. The van der Waals surface area contributed by atoms with Crippen LogP contribution in [0.1, 0.15) is 6.23 Å². The van der Waals surface area contributed by atoms with Crippen LogP contribution >= 0.6 is 0 Å². The maximum atomic E-state index is 9.91. The van der Waals surface area contributed by atoms with Gasteiger partial charge in [0.05, 0.1) is 19.1 Å². The van der Waals surface area contributed by atoms with Crippen molar-refractivity contribution in [1.82, 2.24) is 19.5 Å². The highest BCUT2D eigenvalue weighted by atomic mass is 16.6. The van der Waals surface area contributed by atoms with Gasteiger partial charge in [-0.1, -0.05) is 0 Å². The van der Waals surface area contributed by atoms with Crippen molar-refractivity contribution in [2.24, 2.45) is 0 Å². The predicted octanol–water partition coefficient (Wildman–Crippen LogP) is -1.56. The molecule has 0 aromatic carbocycles. The molecule has 1 fully saturated rings. The zero-order chi connectivity index (χ0) is 12.7. The second kappa shape index (κ2) is 4.25. The number of aromatic nitrogens is 4. The van der Waals surface area contributed by atoms with Crippen LogP contribution < -0.4 is 0 Å². The van der Waals surface area contributed by atoms with Crippen molar-refractivity contribution in [1.29, 1.82) is 0 Å². The highest BCUT2D eigenvalue weighted by molar-refractivity contribution is 5.68. The van der Waals surface area contributed by atoms with Crippen molar-refractivity contribution in [3.63, 3.8) is 0 Å². The molecular formula is C10H12N4O4. The van der Waals surface area contributed by atoms with Crippen LogP contribution in [-0.2, 0) is 4.74 Å². The lowest BCUT2D eigenvalue weighted by Crippen LogP contribution is -2.33. The molecular weight excluding hydrogens is 240 g/mol. The minimum absolute atomic E-state index is 0.365. The van der Waals surface area contributed by atoms with E-state index < -0.39 is 24.5 Å². The van der Waals surface area contributed by atoms with Crippen molar-refractivity contribution in [2.75, 3.05) is 6.61 Å². The fourth-order valence-corrected chi connectivity index (χ4v) is 2.08. The smallest absolute Gasteiger partial charge is 0.165 e. The molecule has 8 heteroatoms. The van der Waals surface area contributed by atoms with E-state index in [2.05, 4.69) is 15.0 Å². The largest absolute Gasteiger partial charge is 0.394 e. The molecule has 4 atom stereocenters. The van der Waals surface area contributed by atoms with Gasteiger partial charge in [0, 0.05) is 0 Å². The Labute approximate surface area is 102 Å². The van der Waals surface area contributed by atoms with E-state index in [0.717, 1.165) is 0 Å². The summed E-state index contributed by atoms with van der Waals surface area (Å²) in [6, 6.07) is 0. The lowest BCUT2D eigenvalue weighted by molar-refractivity contribution is -0.0511. The Morgan fingerprint density at radius 2 is 2.11 bits per heavy atom. The monoisotopic (exact) mass is 252 g/mol. The van der Waals surface area contributed by atoms with Crippen molar-refractivity contribution in [3.05, 3.63) is 18.9 Å². The summed E-state index contributed by atoms with van der Waals surface area (Å²) in [5.74, 6) is 0. The summed E-state index contributed by atoms with van der Waals surface area (Å²) < 4.78 is 6.91. The molecule has 8 nitrogen and oxygen atoms in total. The van der Waals surface area contributed by atoms with Gasteiger partial charge in [0.15, 0.2) is 11.9 Å². The first-order valence-corrected chi connectivity index (χ1v) is 5.47. The van der Waals surface area contributed by atoms with E-state index in [1.165, 1.54) is 17.2 Å². The maximum Gasteiger partial charge on any atom is 0.165 e. The predicted molar refractivity (Wildman–Crippen MR) is 58.3 cm³/mol. The summed E-state index contributed by atoms with van der Waals surface area (Å²) in [5, 5.41) is 28.6. The topological polar surface area (TPSA) is 114 Å². The Kier molecular flexibility index (Phi) is 2.71. The number of aliphatic hydroxyl groups is 3. The summed E-state index contributed by atoms with van der Waals surface area (Å²) in [4.78, 5) is 12.0. The van der Waals surface area contributed by atoms with Crippen molar-refractivity contribution < 1.29 is 20.1 Å². The third-order valence-electron chi connectivity index (χ3n) is 3.03. The van der Waals surface area contributed by atoms with Crippen LogP contribution in [0.4, 0.5) is 0 Å². The molecule has 1 aliphatic heterocycles. The normalized spacial score (nSPS) is 32.2. The van der Waals surface area contributed by atoms with E-state index in [0.29, 0.717) is 11.2 Å². The molecule has 1 unspecified atom stereocenters. The second-order valence-corrected chi connectivity index (χ2v) is 4.11. The first-order chi connectivity index (χ1) is 8.72. The first kappa shape index (κ1) is 11.5. The van der Waals surface area contributed by atoms with E-state index in [9.17, 15) is 10.2 Å². The zero-order valence-corrected chi connectivity index (χ0v) is 9.29. The first-order valence-electron chi connectivity index (χ1n) is 5.47. The minimum atomic E-state index is -1.14. The van der Waals surface area contributed by atoms with Crippen LogP contribution in [0.5, 0.6) is 0 Å². The summed E-state index contributed by atoms with van der Waals surface area (Å²) in [6.45, 7) is -0.365. The van der Waals surface area contributed by atoms with Crippen LogP contribution in [0.25, 0.3) is 11.2 Å². The maximum absolute atomic E-state index is 9.91. The van der Waals surface area contributed by atoms with Gasteiger partial charge in [0.1, 0.15) is 30.2 Å². The Morgan fingerprint density at radius 1 is 1.28 bits per heavy atom. The molecule has 18 heavy (non-hydrogen) atoms. The van der Waals surface area contributed by atoms with Gasteiger partial charge in [0.25, 0.3) is 0 Å². The Hall–Kier alpha value is -1.61. The van der Waals surface area contributed by atoms with Gasteiger partial charge in [-0.05, 0) is 0 Å². The van der Waals surface area contributed by atoms with Gasteiger partial charge >= 0.3 is 0 Å². The quantitative estimate of drug-likeness (QED) is 0.592. The molecule has 0 bridgehead atoms. The van der Waals surface area contributed by atoms with E-state index in [4.69, 9.17) is 9.84 Å². The molecule has 0 radical (unpaired) electrons. The van der Waals surface area contributed by atoms with E-state index in [1.807, 2.05) is 0 Å². The molecule has 3 rings (SSSR count). The highest BCUT2D eigenvalue weighted by Gasteiger charge is 2.43. The summed E-state index contributed by atoms with van der Waals surface area (Å²) in [7, 11) is 0. The van der Waals surface area contributed by atoms with Crippen LogP contribution in [0.3, 0.4) is 0 Å². The van der Waals surface area contributed by atoms with Crippen molar-refractivity contribution >= 4 is 11.2 Å². The van der Waals surface area contributed by atoms with Crippen LogP contribution in [0.15, 0.2) is 18.9 Å². The number of fused-ring (bicyclic) bond motifs is 1. The molecule has 96 valence electrons. The highest BCUT2D eigenvalue weighted by Crippen LogP contribution is 2.30. The third-order valence-corrected chi connectivity index (χ3v) is 3.03. The van der Waals surface area contributed by atoms with Crippen LogP contribution in [-0.4, -0.2) is 59.8 Å². The molecule has 2 aromatic rings. The lowest BCUT2D eigenvalue weighted by Gasteiger charge is -2.16. The van der Waals surface area contributed by atoms with E-state index in [-0.39, 0.29) is 6.61 Å². The molecule has 3 N–H and O–H groups in total. The van der Waals surface area contributed by atoms with E-state index >= 15 is 0 Å². The molecule has 0 aliphatic carbocycles. The fourth-order valence-electron chi connectivity index (χ4n) is 2.08. The van der Waals surface area contributed by atoms with Gasteiger partial charge in [-0.25, -0.2) is 15.0 Å². The molecule has 1 saturated heterocycles. The second-order valence-electron chi connectivity index (χ2n) is 4.11. The number of rotatable bonds is 2.